The van der Waals surface area contributed by atoms with Crippen molar-refractivity contribution in [2.24, 2.45) is 5.92 Å². The van der Waals surface area contributed by atoms with Crippen molar-refractivity contribution in [3.8, 4) is 0 Å². The zero-order valence-corrected chi connectivity index (χ0v) is 16.1. The van der Waals surface area contributed by atoms with Crippen molar-refractivity contribution >= 4 is 43.5 Å². The third kappa shape index (κ3) is 3.17. The van der Waals surface area contributed by atoms with E-state index in [1.54, 1.807) is 0 Å². The molecule has 0 saturated carbocycles. The van der Waals surface area contributed by atoms with Crippen LogP contribution in [0.3, 0.4) is 0 Å². The van der Waals surface area contributed by atoms with E-state index in [9.17, 15) is 4.79 Å². The van der Waals surface area contributed by atoms with E-state index in [4.69, 9.17) is 4.74 Å². The Kier molecular flexibility index (Phi) is 4.77. The SMILES string of the molecule is COC(=O)C1CCc2nc(Br)n(N(C)c3ccc(Br)cc3)c2C1. The number of imidazole rings is 1. The van der Waals surface area contributed by atoms with E-state index in [2.05, 4.69) is 36.8 Å². The van der Waals surface area contributed by atoms with Crippen LogP contribution >= 0.6 is 31.9 Å². The van der Waals surface area contributed by atoms with Gasteiger partial charge in [0.25, 0.3) is 0 Å². The molecule has 7 heteroatoms. The van der Waals surface area contributed by atoms with Crippen molar-refractivity contribution in [3.63, 3.8) is 0 Å². The highest BCUT2D eigenvalue weighted by molar-refractivity contribution is 9.10. The van der Waals surface area contributed by atoms with Crippen molar-refractivity contribution in [2.75, 3.05) is 19.2 Å². The van der Waals surface area contributed by atoms with Crippen molar-refractivity contribution in [1.29, 1.82) is 0 Å². The van der Waals surface area contributed by atoms with Gasteiger partial charge in [-0.05, 0) is 53.0 Å². The highest BCUT2D eigenvalue weighted by atomic mass is 79.9. The molecule has 1 atom stereocenters. The van der Waals surface area contributed by atoms with Crippen LogP contribution in [0.25, 0.3) is 0 Å². The quantitative estimate of drug-likeness (QED) is 0.681. The summed E-state index contributed by atoms with van der Waals surface area (Å²) in [6.45, 7) is 0. The smallest absolute Gasteiger partial charge is 0.309 e. The van der Waals surface area contributed by atoms with Crippen LogP contribution < -0.4 is 5.01 Å². The van der Waals surface area contributed by atoms with Crippen LogP contribution in [0.1, 0.15) is 17.8 Å². The number of esters is 1. The van der Waals surface area contributed by atoms with Crippen LogP contribution in [-0.2, 0) is 22.4 Å². The summed E-state index contributed by atoms with van der Waals surface area (Å²) >= 11 is 7.00. The normalized spacial score (nSPS) is 16.8. The van der Waals surface area contributed by atoms with Gasteiger partial charge in [0.15, 0.2) is 4.73 Å². The fourth-order valence-electron chi connectivity index (χ4n) is 2.95. The summed E-state index contributed by atoms with van der Waals surface area (Å²) < 4.78 is 8.71. The Balaban J connectivity index is 1.96. The summed E-state index contributed by atoms with van der Waals surface area (Å²) in [6, 6.07) is 8.06. The Morgan fingerprint density at radius 2 is 2.04 bits per heavy atom. The largest absolute Gasteiger partial charge is 0.469 e. The Hall–Kier alpha value is -1.34. The van der Waals surface area contributed by atoms with Crippen molar-refractivity contribution in [2.45, 2.75) is 19.3 Å². The number of hydrogen-bond acceptors (Lipinski definition) is 4. The number of anilines is 1. The molecule has 0 radical (unpaired) electrons. The molecule has 1 aliphatic carbocycles. The Bertz CT molecular complexity index is 728. The van der Waals surface area contributed by atoms with Gasteiger partial charge in [-0.2, -0.15) is 0 Å². The van der Waals surface area contributed by atoms with Gasteiger partial charge in [-0.15, -0.1) is 0 Å². The summed E-state index contributed by atoms with van der Waals surface area (Å²) in [7, 11) is 3.43. The molecule has 0 saturated heterocycles. The highest BCUT2D eigenvalue weighted by Gasteiger charge is 2.31. The lowest BCUT2D eigenvalue weighted by Gasteiger charge is -2.27. The second-order valence-electron chi connectivity index (χ2n) is 5.55. The van der Waals surface area contributed by atoms with Crippen LogP contribution in [0.2, 0.25) is 0 Å². The molecule has 5 nitrogen and oxygen atoms in total. The van der Waals surface area contributed by atoms with E-state index in [-0.39, 0.29) is 11.9 Å². The van der Waals surface area contributed by atoms with E-state index in [0.29, 0.717) is 6.42 Å². The highest BCUT2D eigenvalue weighted by Crippen LogP contribution is 2.31. The molecule has 2 aromatic rings. The number of rotatable bonds is 3. The molecule has 1 unspecified atom stereocenters. The first-order valence-corrected chi connectivity index (χ1v) is 8.93. The summed E-state index contributed by atoms with van der Waals surface area (Å²) in [5, 5.41) is 2.03. The predicted octanol–water partition coefficient (Wildman–Crippen LogP) is 3.59. The van der Waals surface area contributed by atoms with Gasteiger partial charge in [0.05, 0.1) is 30.1 Å². The first-order chi connectivity index (χ1) is 11.0. The lowest BCUT2D eigenvalue weighted by molar-refractivity contribution is -0.145. The first-order valence-electron chi connectivity index (χ1n) is 7.34. The summed E-state index contributed by atoms with van der Waals surface area (Å²) in [6.07, 6.45) is 2.21. The molecular formula is C16H17Br2N3O2. The fourth-order valence-corrected chi connectivity index (χ4v) is 3.88. The lowest BCUT2D eigenvalue weighted by atomic mass is 9.90. The van der Waals surface area contributed by atoms with E-state index in [1.165, 1.54) is 7.11 Å². The molecule has 1 aromatic heterocycles. The average molecular weight is 443 g/mol. The molecule has 23 heavy (non-hydrogen) atoms. The minimum Gasteiger partial charge on any atom is -0.469 e. The monoisotopic (exact) mass is 441 g/mol. The number of hydrogen-bond donors (Lipinski definition) is 0. The van der Waals surface area contributed by atoms with Gasteiger partial charge in [-0.1, -0.05) is 15.9 Å². The number of nitrogens with zero attached hydrogens (tertiary/aromatic N) is 3. The van der Waals surface area contributed by atoms with E-state index in [0.717, 1.165) is 39.1 Å². The summed E-state index contributed by atoms with van der Waals surface area (Å²) in [5.74, 6) is -0.251. The molecule has 0 spiro atoms. The maximum Gasteiger partial charge on any atom is 0.309 e. The second-order valence-corrected chi connectivity index (χ2v) is 7.17. The zero-order chi connectivity index (χ0) is 16.6. The molecule has 0 bridgehead atoms. The maximum atomic E-state index is 11.9. The number of carbonyl (C=O) groups excluding carboxylic acids is 1. The zero-order valence-electron chi connectivity index (χ0n) is 12.9. The Morgan fingerprint density at radius 1 is 1.35 bits per heavy atom. The summed E-state index contributed by atoms with van der Waals surface area (Å²) in [4.78, 5) is 16.5. The molecule has 0 amide bonds. The molecule has 122 valence electrons. The summed E-state index contributed by atoms with van der Waals surface area (Å²) in [5.41, 5.74) is 3.14. The van der Waals surface area contributed by atoms with Gasteiger partial charge in [0.2, 0.25) is 0 Å². The van der Waals surface area contributed by atoms with Crippen molar-refractivity contribution in [1.82, 2.24) is 9.66 Å². The minimum absolute atomic E-state index is 0.104. The molecule has 1 heterocycles. The number of carbonyl (C=O) groups is 1. The number of ether oxygens (including phenoxy) is 1. The maximum absolute atomic E-state index is 11.9. The Morgan fingerprint density at radius 3 is 2.70 bits per heavy atom. The predicted molar refractivity (Wildman–Crippen MR) is 95.4 cm³/mol. The van der Waals surface area contributed by atoms with E-state index in [1.807, 2.05) is 41.0 Å². The second kappa shape index (κ2) is 6.65. The molecule has 1 aliphatic rings. The van der Waals surface area contributed by atoms with Gasteiger partial charge in [0.1, 0.15) is 0 Å². The molecule has 3 rings (SSSR count). The first kappa shape index (κ1) is 16.5. The minimum atomic E-state index is -0.147. The standard InChI is InChI=1S/C16H17Br2N3O2/c1-20(12-6-4-11(17)5-7-12)21-14-9-10(15(22)23-2)3-8-13(14)19-16(21)18/h4-7,10H,3,8-9H2,1-2H3. The van der Waals surface area contributed by atoms with Crippen molar-refractivity contribution < 1.29 is 9.53 Å². The number of fused-ring (bicyclic) bond motifs is 1. The molecule has 0 fully saturated rings. The van der Waals surface area contributed by atoms with E-state index < -0.39 is 0 Å². The van der Waals surface area contributed by atoms with Crippen LogP contribution in [-0.4, -0.2) is 29.8 Å². The third-order valence-corrected chi connectivity index (χ3v) is 5.24. The molecule has 0 aliphatic heterocycles. The van der Waals surface area contributed by atoms with Crippen LogP contribution in [0, 0.1) is 5.92 Å². The van der Waals surface area contributed by atoms with Crippen molar-refractivity contribution in [3.05, 3.63) is 44.9 Å². The third-order valence-electron chi connectivity index (χ3n) is 4.19. The molecule has 1 aromatic carbocycles. The average Bonchev–Trinajstić information content (AvgIpc) is 2.89. The molecular weight excluding hydrogens is 426 g/mol. The number of aromatic nitrogens is 2. The fraction of sp³-hybridized carbons (Fsp3) is 0.375. The Labute approximate surface area is 151 Å². The van der Waals surface area contributed by atoms with Gasteiger partial charge < -0.3 is 4.74 Å². The lowest BCUT2D eigenvalue weighted by Crippen LogP contribution is -2.31. The topological polar surface area (TPSA) is 47.4 Å². The van der Waals surface area contributed by atoms with Gasteiger partial charge in [-0.3, -0.25) is 9.80 Å². The van der Waals surface area contributed by atoms with Gasteiger partial charge in [-0.25, -0.2) is 9.66 Å². The number of aryl methyl sites for hydroxylation is 1. The van der Waals surface area contributed by atoms with Gasteiger partial charge >= 0.3 is 5.97 Å². The van der Waals surface area contributed by atoms with Crippen LogP contribution in [0.5, 0.6) is 0 Å². The molecule has 0 N–H and O–H groups in total. The number of benzene rings is 1. The van der Waals surface area contributed by atoms with E-state index >= 15 is 0 Å². The van der Waals surface area contributed by atoms with Gasteiger partial charge in [0, 0.05) is 17.9 Å². The number of methoxy groups -OCH3 is 1. The number of halogens is 2. The van der Waals surface area contributed by atoms with Crippen LogP contribution in [0.15, 0.2) is 33.5 Å². The van der Waals surface area contributed by atoms with Crippen LogP contribution in [0.4, 0.5) is 5.69 Å².